The van der Waals surface area contributed by atoms with Gasteiger partial charge in [0.1, 0.15) is 6.61 Å². The molecule has 0 radical (unpaired) electrons. The molecule has 0 aliphatic carbocycles. The van der Waals surface area contributed by atoms with E-state index in [-0.39, 0.29) is 12.5 Å². The average Bonchev–Trinajstić information content (AvgIpc) is 2.69. The SMILES string of the molecule is CC1CCCN(C(=O)c2ccncc2C#CCO)CC1. The summed E-state index contributed by atoms with van der Waals surface area (Å²) in [5, 5.41) is 8.78. The van der Waals surface area contributed by atoms with Gasteiger partial charge in [0.2, 0.25) is 0 Å². The summed E-state index contributed by atoms with van der Waals surface area (Å²) in [5.41, 5.74) is 1.17. The van der Waals surface area contributed by atoms with Crippen molar-refractivity contribution in [3.63, 3.8) is 0 Å². The maximum absolute atomic E-state index is 12.6. The normalized spacial score (nSPS) is 18.9. The van der Waals surface area contributed by atoms with Gasteiger partial charge in [0, 0.05) is 25.5 Å². The third-order valence-electron chi connectivity index (χ3n) is 3.66. The van der Waals surface area contributed by atoms with E-state index in [9.17, 15) is 4.79 Å². The molecular formula is C16H20N2O2. The molecule has 1 N–H and O–H groups in total. The van der Waals surface area contributed by atoms with Crippen molar-refractivity contribution in [3.8, 4) is 11.8 Å². The molecule has 1 unspecified atom stereocenters. The number of amides is 1. The zero-order valence-electron chi connectivity index (χ0n) is 11.8. The van der Waals surface area contributed by atoms with Crippen molar-refractivity contribution < 1.29 is 9.90 Å². The minimum absolute atomic E-state index is 0.0174. The van der Waals surface area contributed by atoms with Crippen molar-refractivity contribution in [2.75, 3.05) is 19.7 Å². The van der Waals surface area contributed by atoms with Crippen LogP contribution in [0.1, 0.15) is 42.1 Å². The van der Waals surface area contributed by atoms with Crippen LogP contribution in [0.25, 0.3) is 0 Å². The van der Waals surface area contributed by atoms with Crippen molar-refractivity contribution >= 4 is 5.91 Å². The fourth-order valence-electron chi connectivity index (χ4n) is 2.45. The van der Waals surface area contributed by atoms with Gasteiger partial charge in [-0.3, -0.25) is 9.78 Å². The Bertz CT molecular complexity index is 531. The molecule has 1 aliphatic heterocycles. The van der Waals surface area contributed by atoms with Gasteiger partial charge in [-0.2, -0.15) is 0 Å². The Kier molecular flexibility index (Phi) is 5.14. The predicted molar refractivity (Wildman–Crippen MR) is 77.1 cm³/mol. The summed E-state index contributed by atoms with van der Waals surface area (Å²) in [6.45, 7) is 3.62. The van der Waals surface area contributed by atoms with Crippen LogP contribution >= 0.6 is 0 Å². The van der Waals surface area contributed by atoms with Crippen LogP contribution in [-0.4, -0.2) is 40.6 Å². The van der Waals surface area contributed by atoms with Gasteiger partial charge in [-0.05, 0) is 31.2 Å². The van der Waals surface area contributed by atoms with Gasteiger partial charge in [-0.1, -0.05) is 18.8 Å². The summed E-state index contributed by atoms with van der Waals surface area (Å²) in [4.78, 5) is 18.5. The molecule has 1 fully saturated rings. The van der Waals surface area contributed by atoms with Gasteiger partial charge >= 0.3 is 0 Å². The fourth-order valence-corrected chi connectivity index (χ4v) is 2.45. The quantitative estimate of drug-likeness (QED) is 0.792. The third kappa shape index (κ3) is 3.58. The number of aromatic nitrogens is 1. The number of aliphatic hydroxyl groups is 1. The van der Waals surface area contributed by atoms with Crippen molar-refractivity contribution in [2.45, 2.75) is 26.2 Å². The minimum Gasteiger partial charge on any atom is -0.384 e. The Hall–Kier alpha value is -1.86. The molecule has 2 rings (SSSR count). The molecule has 0 saturated carbocycles. The van der Waals surface area contributed by atoms with E-state index in [1.54, 1.807) is 18.5 Å². The Labute approximate surface area is 119 Å². The molecule has 20 heavy (non-hydrogen) atoms. The van der Waals surface area contributed by atoms with E-state index in [0.29, 0.717) is 17.0 Å². The Morgan fingerprint density at radius 1 is 1.50 bits per heavy atom. The molecule has 106 valence electrons. The first-order valence-electron chi connectivity index (χ1n) is 7.05. The number of carbonyl (C=O) groups is 1. The van der Waals surface area contributed by atoms with Gasteiger partial charge < -0.3 is 10.0 Å². The first-order valence-corrected chi connectivity index (χ1v) is 7.05. The van der Waals surface area contributed by atoms with Crippen molar-refractivity contribution in [1.29, 1.82) is 0 Å². The van der Waals surface area contributed by atoms with E-state index in [1.165, 1.54) is 6.42 Å². The number of hydrogen-bond donors (Lipinski definition) is 1. The van der Waals surface area contributed by atoms with Crippen LogP contribution in [0.5, 0.6) is 0 Å². The van der Waals surface area contributed by atoms with Gasteiger partial charge in [-0.15, -0.1) is 0 Å². The summed E-state index contributed by atoms with van der Waals surface area (Å²) in [7, 11) is 0. The highest BCUT2D eigenvalue weighted by Crippen LogP contribution is 2.19. The van der Waals surface area contributed by atoms with E-state index in [4.69, 9.17) is 5.11 Å². The molecule has 1 aliphatic rings. The molecule has 0 aromatic carbocycles. The van der Waals surface area contributed by atoms with E-state index >= 15 is 0 Å². The van der Waals surface area contributed by atoms with Gasteiger partial charge in [0.05, 0.1) is 11.1 Å². The molecule has 1 amide bonds. The second kappa shape index (κ2) is 7.06. The largest absolute Gasteiger partial charge is 0.384 e. The van der Waals surface area contributed by atoms with Crippen molar-refractivity contribution in [3.05, 3.63) is 29.6 Å². The standard InChI is InChI=1S/C16H20N2O2/c1-13-4-2-9-18(10-7-13)16(20)15-6-8-17-12-14(15)5-3-11-19/h6,8,12-13,19H,2,4,7,9-11H2,1H3. The van der Waals surface area contributed by atoms with Crippen molar-refractivity contribution in [1.82, 2.24) is 9.88 Å². The van der Waals surface area contributed by atoms with Gasteiger partial charge in [-0.25, -0.2) is 0 Å². The summed E-state index contributed by atoms with van der Waals surface area (Å²) >= 11 is 0. The molecule has 4 nitrogen and oxygen atoms in total. The Morgan fingerprint density at radius 2 is 2.35 bits per heavy atom. The summed E-state index contributed by atoms with van der Waals surface area (Å²) in [5.74, 6) is 6.07. The van der Waals surface area contributed by atoms with E-state index in [2.05, 4.69) is 23.7 Å². The van der Waals surface area contributed by atoms with Crippen LogP contribution in [0, 0.1) is 17.8 Å². The van der Waals surface area contributed by atoms with Crippen LogP contribution in [0.4, 0.5) is 0 Å². The highest BCUT2D eigenvalue weighted by molar-refractivity contribution is 5.96. The number of aliphatic hydroxyl groups excluding tert-OH is 1. The third-order valence-corrected chi connectivity index (χ3v) is 3.66. The minimum atomic E-state index is -0.218. The first-order chi connectivity index (χ1) is 9.72. The molecule has 2 heterocycles. The van der Waals surface area contributed by atoms with Gasteiger partial charge in [0.25, 0.3) is 5.91 Å². The lowest BCUT2D eigenvalue weighted by Gasteiger charge is -2.21. The van der Waals surface area contributed by atoms with E-state index < -0.39 is 0 Å². The Balaban J connectivity index is 2.20. The highest BCUT2D eigenvalue weighted by atomic mass is 16.2. The summed E-state index contributed by atoms with van der Waals surface area (Å²) < 4.78 is 0. The van der Waals surface area contributed by atoms with Crippen LogP contribution in [0.3, 0.4) is 0 Å². The van der Waals surface area contributed by atoms with Crippen LogP contribution in [0.2, 0.25) is 0 Å². The number of rotatable bonds is 1. The summed E-state index contributed by atoms with van der Waals surface area (Å²) in [6, 6.07) is 1.71. The fraction of sp³-hybridized carbons (Fsp3) is 0.500. The number of likely N-dealkylation sites (tertiary alicyclic amines) is 1. The monoisotopic (exact) mass is 272 g/mol. The molecule has 0 spiro atoms. The second-order valence-corrected chi connectivity index (χ2v) is 5.21. The number of carbonyl (C=O) groups excluding carboxylic acids is 1. The maximum atomic E-state index is 12.6. The number of hydrogen-bond acceptors (Lipinski definition) is 3. The lowest BCUT2D eigenvalue weighted by molar-refractivity contribution is 0.0760. The average molecular weight is 272 g/mol. The van der Waals surface area contributed by atoms with Gasteiger partial charge in [0.15, 0.2) is 0 Å². The predicted octanol–water partition coefficient (Wildman–Crippen LogP) is 1.69. The zero-order valence-corrected chi connectivity index (χ0v) is 11.8. The van der Waals surface area contributed by atoms with E-state index in [0.717, 1.165) is 25.9 Å². The molecule has 1 aromatic rings. The molecule has 4 heteroatoms. The second-order valence-electron chi connectivity index (χ2n) is 5.21. The van der Waals surface area contributed by atoms with Crippen LogP contribution in [-0.2, 0) is 0 Å². The molecule has 1 saturated heterocycles. The smallest absolute Gasteiger partial charge is 0.255 e. The lowest BCUT2D eigenvalue weighted by atomic mass is 10.0. The van der Waals surface area contributed by atoms with E-state index in [1.807, 2.05) is 4.90 Å². The number of pyridine rings is 1. The summed E-state index contributed by atoms with van der Waals surface area (Å²) in [6.07, 6.45) is 6.47. The van der Waals surface area contributed by atoms with Crippen molar-refractivity contribution in [2.24, 2.45) is 5.92 Å². The molecule has 1 aromatic heterocycles. The molecular weight excluding hydrogens is 252 g/mol. The lowest BCUT2D eigenvalue weighted by Crippen LogP contribution is -2.32. The number of nitrogens with zero attached hydrogens (tertiary/aromatic N) is 2. The topological polar surface area (TPSA) is 53.4 Å². The molecule has 1 atom stereocenters. The Morgan fingerprint density at radius 3 is 3.15 bits per heavy atom. The van der Waals surface area contributed by atoms with Crippen LogP contribution in [0.15, 0.2) is 18.5 Å². The highest BCUT2D eigenvalue weighted by Gasteiger charge is 2.21. The maximum Gasteiger partial charge on any atom is 0.255 e. The molecule has 0 bridgehead atoms. The zero-order chi connectivity index (χ0) is 14.4. The van der Waals surface area contributed by atoms with Crippen LogP contribution < -0.4 is 0 Å². The first kappa shape index (κ1) is 14.5.